The summed E-state index contributed by atoms with van der Waals surface area (Å²) in [6, 6.07) is 11.2. The van der Waals surface area contributed by atoms with Gasteiger partial charge in [-0.25, -0.2) is 5.01 Å². The van der Waals surface area contributed by atoms with Gasteiger partial charge in [0.1, 0.15) is 6.04 Å². The van der Waals surface area contributed by atoms with Crippen molar-refractivity contribution in [3.8, 4) is 0 Å². The Morgan fingerprint density at radius 3 is 1.83 bits per heavy atom. The van der Waals surface area contributed by atoms with Crippen molar-refractivity contribution < 1.29 is 19.2 Å². The molecular weight excluding hydrogens is 511 g/mol. The number of alkyl halides is 1. The van der Waals surface area contributed by atoms with Gasteiger partial charge in [0, 0.05) is 27.1 Å². The third kappa shape index (κ3) is 4.15. The van der Waals surface area contributed by atoms with Crippen LogP contribution in [0.4, 0.5) is 0 Å². The van der Waals surface area contributed by atoms with Gasteiger partial charge in [0.25, 0.3) is 17.7 Å². The zero-order valence-electron chi connectivity index (χ0n) is 18.7. The Balaban J connectivity index is 1.58. The molecule has 2 saturated carbocycles. The Labute approximate surface area is 218 Å². The van der Waals surface area contributed by atoms with Crippen LogP contribution in [0, 0.1) is 23.7 Å². The Hall–Kier alpha value is -2.41. The van der Waals surface area contributed by atoms with E-state index < -0.39 is 41.4 Å². The molecule has 2 aromatic rings. The predicted molar refractivity (Wildman–Crippen MR) is 132 cm³/mol. The van der Waals surface area contributed by atoms with Gasteiger partial charge >= 0.3 is 0 Å². The molecule has 0 radical (unpaired) electrons. The number of imide groups is 1. The number of amides is 3. The van der Waals surface area contributed by atoms with Crippen LogP contribution >= 0.6 is 34.8 Å². The van der Waals surface area contributed by atoms with Crippen molar-refractivity contribution >= 4 is 58.3 Å². The first-order chi connectivity index (χ1) is 16.8. The first-order valence-corrected chi connectivity index (χ1v) is 12.9. The summed E-state index contributed by atoms with van der Waals surface area (Å²) in [7, 11) is 0. The van der Waals surface area contributed by atoms with E-state index in [2.05, 4.69) is 0 Å². The largest absolute Gasteiger partial charge is 0.292 e. The van der Waals surface area contributed by atoms with E-state index in [9.17, 15) is 19.2 Å². The molecular formula is C26H23Cl3N2O4. The van der Waals surface area contributed by atoms with E-state index in [0.717, 1.165) is 29.3 Å². The molecule has 182 valence electrons. The lowest BCUT2D eigenvalue weighted by Gasteiger charge is -2.36. The van der Waals surface area contributed by atoms with E-state index in [-0.39, 0.29) is 29.7 Å². The molecule has 1 saturated heterocycles. The summed E-state index contributed by atoms with van der Waals surface area (Å²) in [5, 5.41) is 2.88. The van der Waals surface area contributed by atoms with Crippen LogP contribution in [0.5, 0.6) is 0 Å². The summed E-state index contributed by atoms with van der Waals surface area (Å²) in [5.74, 6) is -2.43. The summed E-state index contributed by atoms with van der Waals surface area (Å²) in [6.07, 6.45) is 2.72. The fourth-order valence-corrected chi connectivity index (χ4v) is 6.43. The van der Waals surface area contributed by atoms with Crippen molar-refractivity contribution in [2.45, 2.75) is 31.7 Å². The second-order valence-electron chi connectivity index (χ2n) is 9.39. The maximum atomic E-state index is 13.9. The van der Waals surface area contributed by atoms with E-state index >= 15 is 0 Å². The van der Waals surface area contributed by atoms with Gasteiger partial charge in [-0.05, 0) is 86.1 Å². The molecule has 9 heteroatoms. The van der Waals surface area contributed by atoms with Crippen molar-refractivity contribution in [1.29, 1.82) is 0 Å². The van der Waals surface area contributed by atoms with E-state index in [4.69, 9.17) is 34.8 Å². The van der Waals surface area contributed by atoms with Crippen molar-refractivity contribution in [2.24, 2.45) is 23.7 Å². The molecule has 3 fully saturated rings. The SMILES string of the molecule is O=C(c1ccc(Cl)cc1)[C@@H](CCCl)N(C(=O)c1ccc(Cl)cc1)N1C(=O)[C@@H]2[C@H]3CC[C@@H](C3)[C@@H]2C1=O. The lowest BCUT2D eigenvalue weighted by Crippen LogP contribution is -2.58. The number of ketones is 1. The highest BCUT2D eigenvalue weighted by molar-refractivity contribution is 6.31. The van der Waals surface area contributed by atoms with Crippen molar-refractivity contribution in [3.63, 3.8) is 0 Å². The molecule has 5 rings (SSSR count). The average molecular weight is 534 g/mol. The van der Waals surface area contributed by atoms with Crippen molar-refractivity contribution in [1.82, 2.24) is 10.0 Å². The van der Waals surface area contributed by atoms with Crippen molar-refractivity contribution in [2.75, 3.05) is 5.88 Å². The molecule has 2 aromatic carbocycles. The average Bonchev–Trinajstić information content (AvgIpc) is 3.54. The predicted octanol–water partition coefficient (Wildman–Crippen LogP) is 5.26. The number of hydrogen-bond acceptors (Lipinski definition) is 4. The highest BCUT2D eigenvalue weighted by Crippen LogP contribution is 2.56. The van der Waals surface area contributed by atoms with Gasteiger partial charge in [-0.2, -0.15) is 5.01 Å². The maximum absolute atomic E-state index is 13.9. The molecule has 2 aliphatic carbocycles. The fourth-order valence-electron chi connectivity index (χ4n) is 5.98. The minimum Gasteiger partial charge on any atom is -0.292 e. The van der Waals surface area contributed by atoms with E-state index in [0.29, 0.717) is 15.6 Å². The molecule has 1 aliphatic heterocycles. The number of benzene rings is 2. The number of hydrogen-bond donors (Lipinski definition) is 0. The highest BCUT2D eigenvalue weighted by atomic mass is 35.5. The molecule has 5 atom stereocenters. The van der Waals surface area contributed by atoms with Gasteiger partial charge in [-0.15, -0.1) is 11.6 Å². The smallest absolute Gasteiger partial charge is 0.273 e. The van der Waals surface area contributed by atoms with Crippen molar-refractivity contribution in [3.05, 3.63) is 69.7 Å². The maximum Gasteiger partial charge on any atom is 0.273 e. The monoisotopic (exact) mass is 532 g/mol. The summed E-state index contributed by atoms with van der Waals surface area (Å²) in [4.78, 5) is 54.8. The number of Topliss-reactive ketones (excluding diaryl/α,β-unsaturated/α-hetero) is 1. The molecule has 0 unspecified atom stereocenters. The molecule has 3 aliphatic rings. The van der Waals surface area contributed by atoms with Gasteiger partial charge in [-0.1, -0.05) is 23.2 Å². The molecule has 0 aromatic heterocycles. The fraction of sp³-hybridized carbons (Fsp3) is 0.385. The number of fused-ring (bicyclic) bond motifs is 5. The van der Waals surface area contributed by atoms with Crippen LogP contribution in [0.25, 0.3) is 0 Å². The van der Waals surface area contributed by atoms with Gasteiger partial charge in [-0.3, -0.25) is 19.2 Å². The minimum absolute atomic E-state index is 0.0444. The van der Waals surface area contributed by atoms with E-state index in [1.807, 2.05) is 0 Å². The Morgan fingerprint density at radius 2 is 1.34 bits per heavy atom. The lowest BCUT2D eigenvalue weighted by atomic mass is 9.81. The molecule has 6 nitrogen and oxygen atoms in total. The summed E-state index contributed by atoms with van der Waals surface area (Å²) < 4.78 is 0. The zero-order valence-corrected chi connectivity index (χ0v) is 21.0. The molecule has 2 bridgehead atoms. The Kier molecular flexibility index (Phi) is 6.64. The number of nitrogens with zero attached hydrogens (tertiary/aromatic N) is 2. The topological polar surface area (TPSA) is 74.8 Å². The molecule has 0 spiro atoms. The van der Waals surface area contributed by atoms with Crippen LogP contribution in [0.15, 0.2) is 48.5 Å². The van der Waals surface area contributed by atoms with Gasteiger partial charge < -0.3 is 0 Å². The van der Waals surface area contributed by atoms with Gasteiger partial charge in [0.05, 0.1) is 11.8 Å². The first kappa shape index (κ1) is 24.3. The molecule has 35 heavy (non-hydrogen) atoms. The zero-order chi connectivity index (χ0) is 24.9. The highest BCUT2D eigenvalue weighted by Gasteiger charge is 2.63. The van der Waals surface area contributed by atoms with Crippen LogP contribution < -0.4 is 0 Å². The summed E-state index contributed by atoms with van der Waals surface area (Å²) in [5.41, 5.74) is 0.510. The second kappa shape index (κ2) is 9.57. The molecule has 1 heterocycles. The van der Waals surface area contributed by atoms with Crippen LogP contribution in [-0.4, -0.2) is 45.4 Å². The quantitative estimate of drug-likeness (QED) is 0.276. The van der Waals surface area contributed by atoms with Gasteiger partial charge in [0.15, 0.2) is 5.78 Å². The normalized spacial score (nSPS) is 25.6. The van der Waals surface area contributed by atoms with E-state index in [1.165, 1.54) is 12.1 Å². The van der Waals surface area contributed by atoms with Crippen LogP contribution in [0.1, 0.15) is 46.4 Å². The summed E-state index contributed by atoms with van der Waals surface area (Å²) >= 11 is 18.1. The lowest BCUT2D eigenvalue weighted by molar-refractivity contribution is -0.157. The third-order valence-corrected chi connectivity index (χ3v) is 8.25. The Morgan fingerprint density at radius 1 is 0.857 bits per heavy atom. The number of carbonyl (C=O) groups excluding carboxylic acids is 4. The molecule has 3 amide bonds. The number of carbonyl (C=O) groups is 4. The van der Waals surface area contributed by atoms with Crippen LogP contribution in [0.3, 0.4) is 0 Å². The third-order valence-electron chi connectivity index (χ3n) is 7.53. The summed E-state index contributed by atoms with van der Waals surface area (Å²) in [6.45, 7) is 0. The van der Waals surface area contributed by atoms with Crippen LogP contribution in [-0.2, 0) is 9.59 Å². The van der Waals surface area contributed by atoms with Crippen LogP contribution in [0.2, 0.25) is 10.0 Å². The number of halogens is 3. The number of hydrazine groups is 1. The standard InChI is InChI=1S/C26H23Cl3N2O4/c27-12-11-20(23(32)14-3-7-18(28)8-4-14)30(24(33)15-5-9-19(29)10-6-15)31-25(34)21-16-1-2-17(13-16)22(21)26(31)35/h3-10,16-17,20-22H,1-2,11-13H2/t16-,17-,20+,21-,22+/m0/s1. The number of rotatable bonds is 7. The van der Waals surface area contributed by atoms with E-state index in [1.54, 1.807) is 36.4 Å². The molecule has 0 N–H and O–H groups in total. The first-order valence-electron chi connectivity index (χ1n) is 11.6. The second-order valence-corrected chi connectivity index (χ2v) is 10.6. The minimum atomic E-state index is -1.15. The Bertz CT molecular complexity index is 1160. The van der Waals surface area contributed by atoms with Gasteiger partial charge in [0.2, 0.25) is 0 Å².